The third kappa shape index (κ3) is 4.01. The van der Waals surface area contributed by atoms with Gasteiger partial charge in [-0.1, -0.05) is 0 Å². The molecule has 0 bridgehead atoms. The maximum absolute atomic E-state index is 12.4. The molecule has 0 aliphatic heterocycles. The average molecular weight is 330 g/mol. The molecule has 1 amide bonds. The molecule has 9 heteroatoms. The highest BCUT2D eigenvalue weighted by Crippen LogP contribution is 2.28. The van der Waals surface area contributed by atoms with Crippen molar-refractivity contribution < 1.29 is 32.2 Å². The number of halogens is 3. The lowest BCUT2D eigenvalue weighted by Crippen LogP contribution is -2.14. The summed E-state index contributed by atoms with van der Waals surface area (Å²) in [6.45, 7) is 1.86. The normalized spacial score (nSPS) is 11.3. The molecule has 1 aromatic carbocycles. The molecule has 2 aromatic rings. The zero-order valence-corrected chi connectivity index (χ0v) is 12.0. The van der Waals surface area contributed by atoms with Crippen molar-refractivity contribution >= 4 is 11.6 Å². The smallest absolute Gasteiger partial charge is 0.468 e. The monoisotopic (exact) mass is 330 g/mol. The van der Waals surface area contributed by atoms with Gasteiger partial charge in [-0.05, 0) is 25.1 Å². The second-order valence-electron chi connectivity index (χ2n) is 4.40. The second-order valence-corrected chi connectivity index (χ2v) is 4.40. The zero-order valence-electron chi connectivity index (χ0n) is 12.0. The summed E-state index contributed by atoms with van der Waals surface area (Å²) >= 11 is 0. The Bertz CT molecular complexity index is 698. The van der Waals surface area contributed by atoms with Gasteiger partial charge in [0.1, 0.15) is 12.0 Å². The molecule has 1 aromatic heterocycles. The lowest BCUT2D eigenvalue weighted by molar-refractivity contribution is -0.157. The number of nitrogens with one attached hydrogen (secondary N) is 1. The number of aliphatic hydroxyl groups is 1. The SMILES string of the molecule is CCOc1ccc(NC(=O)c2coc(C(F)(F)F)n2)cc1CO. The van der Waals surface area contributed by atoms with Gasteiger partial charge in [0.25, 0.3) is 5.91 Å². The number of oxazole rings is 1. The summed E-state index contributed by atoms with van der Waals surface area (Å²) in [6, 6.07) is 4.48. The molecule has 0 atom stereocenters. The van der Waals surface area contributed by atoms with Crippen molar-refractivity contribution in [2.45, 2.75) is 19.7 Å². The van der Waals surface area contributed by atoms with Crippen molar-refractivity contribution in [3.63, 3.8) is 0 Å². The molecule has 0 unspecified atom stereocenters. The van der Waals surface area contributed by atoms with Gasteiger partial charge in [-0.2, -0.15) is 13.2 Å². The standard InChI is InChI=1S/C14H13F3N2O4/c1-2-22-11-4-3-9(5-8(11)6-20)18-12(21)10-7-23-13(19-10)14(15,16)17/h3-5,7,20H,2,6H2,1H3,(H,18,21). The van der Waals surface area contributed by atoms with E-state index >= 15 is 0 Å². The molecule has 0 radical (unpaired) electrons. The van der Waals surface area contributed by atoms with Crippen molar-refractivity contribution in [3.05, 3.63) is 41.6 Å². The molecule has 0 spiro atoms. The first-order valence-electron chi connectivity index (χ1n) is 6.55. The Morgan fingerprint density at radius 2 is 2.17 bits per heavy atom. The van der Waals surface area contributed by atoms with Crippen LogP contribution in [0.5, 0.6) is 5.75 Å². The van der Waals surface area contributed by atoms with Crippen LogP contribution in [0.3, 0.4) is 0 Å². The predicted molar refractivity (Wildman–Crippen MR) is 73.0 cm³/mol. The second kappa shape index (κ2) is 6.69. The highest BCUT2D eigenvalue weighted by Gasteiger charge is 2.37. The Morgan fingerprint density at radius 3 is 2.74 bits per heavy atom. The fourth-order valence-corrected chi connectivity index (χ4v) is 1.78. The minimum Gasteiger partial charge on any atom is -0.494 e. The number of hydrogen-bond acceptors (Lipinski definition) is 5. The molecule has 1 heterocycles. The fraction of sp³-hybridized carbons (Fsp3) is 0.286. The third-order valence-electron chi connectivity index (χ3n) is 2.77. The van der Waals surface area contributed by atoms with Crippen LogP contribution in [-0.2, 0) is 12.8 Å². The van der Waals surface area contributed by atoms with E-state index in [0.717, 1.165) is 0 Å². The van der Waals surface area contributed by atoms with Gasteiger partial charge in [0.05, 0.1) is 13.2 Å². The van der Waals surface area contributed by atoms with Gasteiger partial charge in [-0.15, -0.1) is 0 Å². The number of anilines is 1. The van der Waals surface area contributed by atoms with Crippen LogP contribution in [0.1, 0.15) is 28.9 Å². The quantitative estimate of drug-likeness (QED) is 0.880. The van der Waals surface area contributed by atoms with Gasteiger partial charge in [0.2, 0.25) is 0 Å². The summed E-state index contributed by atoms with van der Waals surface area (Å²) in [7, 11) is 0. The van der Waals surface area contributed by atoms with E-state index in [0.29, 0.717) is 24.2 Å². The number of benzene rings is 1. The summed E-state index contributed by atoms with van der Waals surface area (Å²) in [5.74, 6) is -1.91. The number of alkyl halides is 3. The fourth-order valence-electron chi connectivity index (χ4n) is 1.78. The van der Waals surface area contributed by atoms with E-state index in [2.05, 4.69) is 14.7 Å². The molecule has 0 fully saturated rings. The molecular weight excluding hydrogens is 317 g/mol. The van der Waals surface area contributed by atoms with Crippen LogP contribution < -0.4 is 10.1 Å². The molecule has 0 saturated carbocycles. The van der Waals surface area contributed by atoms with Gasteiger partial charge in [-0.3, -0.25) is 4.79 Å². The van der Waals surface area contributed by atoms with E-state index in [4.69, 9.17) is 4.74 Å². The summed E-state index contributed by atoms with van der Waals surface area (Å²) in [5, 5.41) is 11.6. The number of nitrogens with zero attached hydrogens (tertiary/aromatic N) is 1. The zero-order chi connectivity index (χ0) is 17.0. The first kappa shape index (κ1) is 16.8. The molecule has 2 N–H and O–H groups in total. The van der Waals surface area contributed by atoms with E-state index in [1.807, 2.05) is 0 Å². The first-order chi connectivity index (χ1) is 10.8. The number of amides is 1. The van der Waals surface area contributed by atoms with Crippen LogP contribution in [0, 0.1) is 0 Å². The van der Waals surface area contributed by atoms with Crippen LogP contribution in [0.4, 0.5) is 18.9 Å². The largest absolute Gasteiger partial charge is 0.494 e. The van der Waals surface area contributed by atoms with Crippen molar-refractivity contribution in [3.8, 4) is 5.75 Å². The number of aliphatic hydroxyl groups excluding tert-OH is 1. The van der Waals surface area contributed by atoms with E-state index in [9.17, 15) is 23.1 Å². The summed E-state index contributed by atoms with van der Waals surface area (Å²) in [5.41, 5.74) is 0.205. The van der Waals surface area contributed by atoms with Crippen molar-refractivity contribution in [2.75, 3.05) is 11.9 Å². The van der Waals surface area contributed by atoms with Crippen LogP contribution in [-0.4, -0.2) is 22.6 Å². The van der Waals surface area contributed by atoms with Crippen molar-refractivity contribution in [1.82, 2.24) is 4.98 Å². The molecule has 124 valence electrons. The molecule has 0 aliphatic carbocycles. The molecule has 2 rings (SSSR count). The molecule has 0 saturated heterocycles. The molecule has 23 heavy (non-hydrogen) atoms. The Hall–Kier alpha value is -2.55. The number of hydrogen-bond donors (Lipinski definition) is 2. The van der Waals surface area contributed by atoms with Gasteiger partial charge in [0, 0.05) is 11.3 Å². The Labute approximate surface area is 128 Å². The maximum atomic E-state index is 12.4. The van der Waals surface area contributed by atoms with Crippen molar-refractivity contribution in [2.24, 2.45) is 0 Å². The highest BCUT2D eigenvalue weighted by molar-refractivity contribution is 6.02. The van der Waals surface area contributed by atoms with Gasteiger partial charge >= 0.3 is 12.1 Å². The number of aromatic nitrogens is 1. The van der Waals surface area contributed by atoms with Gasteiger partial charge in [-0.25, -0.2) is 4.98 Å². The number of ether oxygens (including phenoxy) is 1. The van der Waals surface area contributed by atoms with E-state index in [1.165, 1.54) is 18.2 Å². The Morgan fingerprint density at radius 1 is 1.43 bits per heavy atom. The molecule has 0 aliphatic rings. The minimum absolute atomic E-state index is 0.277. The predicted octanol–water partition coefficient (Wildman–Crippen LogP) is 2.84. The van der Waals surface area contributed by atoms with Crippen LogP contribution >= 0.6 is 0 Å². The minimum atomic E-state index is -4.76. The third-order valence-corrected chi connectivity index (χ3v) is 2.77. The first-order valence-corrected chi connectivity index (χ1v) is 6.55. The molecule has 6 nitrogen and oxygen atoms in total. The van der Waals surface area contributed by atoms with Crippen LogP contribution in [0.25, 0.3) is 0 Å². The Balaban J connectivity index is 2.15. The van der Waals surface area contributed by atoms with E-state index in [-0.39, 0.29) is 12.3 Å². The lowest BCUT2D eigenvalue weighted by atomic mass is 10.2. The number of carbonyl (C=O) groups excluding carboxylic acids is 1. The van der Waals surface area contributed by atoms with Crippen LogP contribution in [0.15, 0.2) is 28.9 Å². The van der Waals surface area contributed by atoms with Gasteiger partial charge in [0.15, 0.2) is 5.69 Å². The van der Waals surface area contributed by atoms with Crippen LogP contribution in [0.2, 0.25) is 0 Å². The lowest BCUT2D eigenvalue weighted by Gasteiger charge is -2.10. The Kier molecular flexibility index (Phi) is 4.89. The number of rotatable bonds is 5. The number of carbonyl (C=O) groups is 1. The summed E-state index contributed by atoms with van der Waals surface area (Å²) < 4.78 is 46.6. The van der Waals surface area contributed by atoms with Gasteiger partial charge < -0.3 is 19.6 Å². The van der Waals surface area contributed by atoms with E-state index < -0.39 is 23.7 Å². The van der Waals surface area contributed by atoms with E-state index in [1.54, 1.807) is 6.92 Å². The topological polar surface area (TPSA) is 84.6 Å². The highest BCUT2D eigenvalue weighted by atomic mass is 19.4. The maximum Gasteiger partial charge on any atom is 0.468 e. The van der Waals surface area contributed by atoms with Crippen molar-refractivity contribution in [1.29, 1.82) is 0 Å². The molecular formula is C14H13F3N2O4. The summed E-state index contributed by atoms with van der Waals surface area (Å²) in [6.07, 6.45) is -4.14. The summed E-state index contributed by atoms with van der Waals surface area (Å²) in [4.78, 5) is 15.0. The average Bonchev–Trinajstić information content (AvgIpc) is 2.99.